The Hall–Kier alpha value is -1.66. The van der Waals surface area contributed by atoms with Gasteiger partial charge in [-0.05, 0) is 37.6 Å². The van der Waals surface area contributed by atoms with E-state index >= 15 is 0 Å². The fourth-order valence-corrected chi connectivity index (χ4v) is 2.09. The second-order valence-electron chi connectivity index (χ2n) is 4.73. The number of nitrogens with zero attached hydrogens (tertiary/aromatic N) is 2. The van der Waals surface area contributed by atoms with E-state index in [1.807, 2.05) is 38.1 Å². The summed E-state index contributed by atoms with van der Waals surface area (Å²) in [7, 11) is 1.68. The maximum Gasteiger partial charge on any atom is 0.229 e. The van der Waals surface area contributed by atoms with Crippen molar-refractivity contribution >= 4 is 33.4 Å². The van der Waals surface area contributed by atoms with Gasteiger partial charge < -0.3 is 15.4 Å². The van der Waals surface area contributed by atoms with Crippen molar-refractivity contribution in [1.82, 2.24) is 9.97 Å². The maximum absolute atomic E-state index is 5.02. The zero-order valence-electron chi connectivity index (χ0n) is 12.4. The first-order valence-electron chi connectivity index (χ1n) is 6.70. The quantitative estimate of drug-likeness (QED) is 0.778. The monoisotopic (exact) mass is 350 g/mol. The van der Waals surface area contributed by atoms with E-state index in [1.54, 1.807) is 7.11 Å². The number of methoxy groups -OCH3 is 1. The van der Waals surface area contributed by atoms with Crippen LogP contribution in [0.2, 0.25) is 0 Å². The molecule has 0 aliphatic carbocycles. The number of hydrogen-bond acceptors (Lipinski definition) is 5. The first-order chi connectivity index (χ1) is 10.1. The molecule has 0 spiro atoms. The Balaban J connectivity index is 2.13. The zero-order valence-corrected chi connectivity index (χ0v) is 14.0. The Kier molecular flexibility index (Phi) is 5.52. The van der Waals surface area contributed by atoms with E-state index in [2.05, 4.69) is 36.5 Å². The molecule has 1 aromatic heterocycles. The van der Waals surface area contributed by atoms with E-state index in [4.69, 9.17) is 4.74 Å². The van der Waals surface area contributed by atoms with Crippen molar-refractivity contribution < 1.29 is 4.74 Å². The number of halogens is 1. The highest BCUT2D eigenvalue weighted by molar-refractivity contribution is 9.10. The molecule has 6 heteroatoms. The van der Waals surface area contributed by atoms with E-state index in [1.165, 1.54) is 0 Å². The molecule has 21 heavy (non-hydrogen) atoms. The van der Waals surface area contributed by atoms with Gasteiger partial charge in [0, 0.05) is 35.6 Å². The molecule has 1 aromatic carbocycles. The summed E-state index contributed by atoms with van der Waals surface area (Å²) in [4.78, 5) is 8.86. The lowest BCUT2D eigenvalue weighted by molar-refractivity contribution is 0.210. The SMILES string of the molecule is COCCNc1cc(C)nc(Nc2ccc(Br)c(C)c2)n1. The molecule has 0 bridgehead atoms. The summed E-state index contributed by atoms with van der Waals surface area (Å²) >= 11 is 3.49. The van der Waals surface area contributed by atoms with Crippen molar-refractivity contribution in [2.45, 2.75) is 13.8 Å². The number of aromatic nitrogens is 2. The first-order valence-corrected chi connectivity index (χ1v) is 7.49. The third-order valence-corrected chi connectivity index (χ3v) is 3.77. The van der Waals surface area contributed by atoms with Crippen LogP contribution in [0.4, 0.5) is 17.5 Å². The van der Waals surface area contributed by atoms with E-state index in [-0.39, 0.29) is 0 Å². The summed E-state index contributed by atoms with van der Waals surface area (Å²) in [6, 6.07) is 7.95. The average molecular weight is 351 g/mol. The van der Waals surface area contributed by atoms with Crippen LogP contribution in [0.5, 0.6) is 0 Å². The van der Waals surface area contributed by atoms with Crippen LogP contribution in [0.1, 0.15) is 11.3 Å². The number of anilines is 3. The van der Waals surface area contributed by atoms with Gasteiger partial charge in [-0.25, -0.2) is 4.98 Å². The van der Waals surface area contributed by atoms with Crippen LogP contribution in [-0.4, -0.2) is 30.2 Å². The molecule has 0 aliphatic heterocycles. The number of rotatable bonds is 6. The topological polar surface area (TPSA) is 59.1 Å². The normalized spacial score (nSPS) is 10.5. The summed E-state index contributed by atoms with van der Waals surface area (Å²) < 4.78 is 6.10. The average Bonchev–Trinajstić information content (AvgIpc) is 2.43. The van der Waals surface area contributed by atoms with Gasteiger partial charge >= 0.3 is 0 Å². The Morgan fingerprint density at radius 1 is 1.19 bits per heavy atom. The molecule has 0 amide bonds. The van der Waals surface area contributed by atoms with Gasteiger partial charge in [0.1, 0.15) is 5.82 Å². The molecule has 0 fully saturated rings. The van der Waals surface area contributed by atoms with E-state index in [0.29, 0.717) is 19.1 Å². The summed E-state index contributed by atoms with van der Waals surface area (Å²) in [5, 5.41) is 6.44. The van der Waals surface area contributed by atoms with Gasteiger partial charge in [0.2, 0.25) is 5.95 Å². The number of hydrogen-bond donors (Lipinski definition) is 2. The van der Waals surface area contributed by atoms with Crippen LogP contribution in [0.25, 0.3) is 0 Å². The van der Waals surface area contributed by atoms with Gasteiger partial charge in [0.05, 0.1) is 6.61 Å². The lowest BCUT2D eigenvalue weighted by Gasteiger charge is -2.10. The lowest BCUT2D eigenvalue weighted by Crippen LogP contribution is -2.10. The van der Waals surface area contributed by atoms with Gasteiger partial charge in [-0.15, -0.1) is 0 Å². The summed E-state index contributed by atoms with van der Waals surface area (Å²) in [6.07, 6.45) is 0. The Bertz CT molecular complexity index is 619. The van der Waals surface area contributed by atoms with E-state index in [0.717, 1.165) is 27.2 Å². The van der Waals surface area contributed by atoms with Crippen molar-refractivity contribution in [1.29, 1.82) is 0 Å². The van der Waals surface area contributed by atoms with Crippen LogP contribution in [-0.2, 0) is 4.74 Å². The third kappa shape index (κ3) is 4.68. The van der Waals surface area contributed by atoms with Crippen LogP contribution in [0, 0.1) is 13.8 Å². The Labute approximate surface area is 133 Å². The summed E-state index contributed by atoms with van der Waals surface area (Å²) in [5.41, 5.74) is 3.02. The minimum Gasteiger partial charge on any atom is -0.383 e. The summed E-state index contributed by atoms with van der Waals surface area (Å²) in [5.74, 6) is 1.37. The molecule has 0 aliphatic rings. The molecular weight excluding hydrogens is 332 g/mol. The second kappa shape index (κ2) is 7.38. The second-order valence-corrected chi connectivity index (χ2v) is 5.58. The van der Waals surface area contributed by atoms with Crippen molar-refractivity contribution in [3.8, 4) is 0 Å². The van der Waals surface area contributed by atoms with Gasteiger partial charge in [0.15, 0.2) is 0 Å². The third-order valence-electron chi connectivity index (χ3n) is 2.88. The van der Waals surface area contributed by atoms with Gasteiger partial charge in [0.25, 0.3) is 0 Å². The van der Waals surface area contributed by atoms with Gasteiger partial charge in [-0.2, -0.15) is 4.98 Å². The molecule has 2 N–H and O–H groups in total. The van der Waals surface area contributed by atoms with Gasteiger partial charge in [-0.1, -0.05) is 15.9 Å². The molecule has 5 nitrogen and oxygen atoms in total. The van der Waals surface area contributed by atoms with E-state index in [9.17, 15) is 0 Å². The largest absolute Gasteiger partial charge is 0.383 e. The molecule has 1 heterocycles. The smallest absolute Gasteiger partial charge is 0.229 e. The van der Waals surface area contributed by atoms with Crippen LogP contribution in [0.3, 0.4) is 0 Å². The van der Waals surface area contributed by atoms with Gasteiger partial charge in [-0.3, -0.25) is 0 Å². The van der Waals surface area contributed by atoms with Crippen LogP contribution in [0.15, 0.2) is 28.7 Å². The number of ether oxygens (including phenoxy) is 1. The number of benzene rings is 1. The van der Waals surface area contributed by atoms with Crippen molar-refractivity contribution in [2.75, 3.05) is 30.9 Å². The molecule has 2 rings (SSSR count). The predicted octanol–water partition coefficient (Wildman–Crippen LogP) is 3.66. The maximum atomic E-state index is 5.02. The summed E-state index contributed by atoms with van der Waals surface area (Å²) in [6.45, 7) is 5.34. The zero-order chi connectivity index (χ0) is 15.2. The minimum atomic E-state index is 0.580. The molecule has 0 unspecified atom stereocenters. The molecule has 112 valence electrons. The molecule has 0 atom stereocenters. The molecule has 2 aromatic rings. The molecule has 0 radical (unpaired) electrons. The number of nitrogens with one attached hydrogen (secondary N) is 2. The fourth-order valence-electron chi connectivity index (χ4n) is 1.85. The molecule has 0 saturated heterocycles. The highest BCUT2D eigenvalue weighted by Gasteiger charge is 2.04. The predicted molar refractivity (Wildman–Crippen MR) is 89.3 cm³/mol. The highest BCUT2D eigenvalue weighted by atomic mass is 79.9. The Morgan fingerprint density at radius 3 is 2.71 bits per heavy atom. The molecule has 0 saturated carbocycles. The fraction of sp³-hybridized carbons (Fsp3) is 0.333. The molecular formula is C15H19BrN4O. The standard InChI is InChI=1S/C15H19BrN4O/c1-10-8-12(4-5-13(10)16)19-15-18-11(2)9-14(20-15)17-6-7-21-3/h4-5,8-9H,6-7H2,1-3H3,(H2,17,18,19,20). The highest BCUT2D eigenvalue weighted by Crippen LogP contribution is 2.22. The minimum absolute atomic E-state index is 0.580. The number of aryl methyl sites for hydroxylation is 2. The van der Waals surface area contributed by atoms with E-state index < -0.39 is 0 Å². The lowest BCUT2D eigenvalue weighted by atomic mass is 10.2. The first kappa shape index (κ1) is 15.7. The Morgan fingerprint density at radius 2 is 2.00 bits per heavy atom. The van der Waals surface area contributed by atoms with Crippen molar-refractivity contribution in [2.24, 2.45) is 0 Å². The van der Waals surface area contributed by atoms with Crippen LogP contribution < -0.4 is 10.6 Å². The van der Waals surface area contributed by atoms with Crippen molar-refractivity contribution in [3.05, 3.63) is 40.0 Å². The van der Waals surface area contributed by atoms with Crippen molar-refractivity contribution in [3.63, 3.8) is 0 Å². The van der Waals surface area contributed by atoms with Crippen LogP contribution >= 0.6 is 15.9 Å².